The first-order chi connectivity index (χ1) is 11.5. The molecule has 2 rings (SSSR count). The minimum Gasteiger partial charge on any atom is -0.493 e. The second-order valence-corrected chi connectivity index (χ2v) is 6.52. The molecule has 0 spiro atoms. The van der Waals surface area contributed by atoms with Crippen LogP contribution in [0.3, 0.4) is 0 Å². The highest BCUT2D eigenvalue weighted by Gasteiger charge is 2.17. The lowest BCUT2D eigenvalue weighted by atomic mass is 10.2. The number of halogens is 2. The van der Waals surface area contributed by atoms with Gasteiger partial charge >= 0.3 is 0 Å². The number of aromatic nitrogens is 1. The van der Waals surface area contributed by atoms with Crippen LogP contribution in [0.25, 0.3) is 10.6 Å². The Balaban J connectivity index is 0.00000312. The van der Waals surface area contributed by atoms with Crippen molar-refractivity contribution in [3.8, 4) is 22.1 Å². The van der Waals surface area contributed by atoms with E-state index in [1.807, 2.05) is 32.0 Å². The number of benzene rings is 1. The van der Waals surface area contributed by atoms with E-state index in [9.17, 15) is 4.79 Å². The number of carbonyl (C=O) groups is 1. The molecule has 9 heteroatoms. The monoisotopic (exact) mass is 421 g/mol. The molecule has 0 aliphatic carbocycles. The standard InChI is InChI=1S/C17H23N3O3S.2ClH/c1-10(18)7-8-19-16(21)15-11(2)20-17(24-15)12-5-6-13(22-3)14(9-12)23-4;;/h5-6,9-10H,7-8,18H2,1-4H3,(H,19,21);2*1H. The van der Waals surface area contributed by atoms with Gasteiger partial charge in [0.1, 0.15) is 9.88 Å². The smallest absolute Gasteiger partial charge is 0.263 e. The zero-order chi connectivity index (χ0) is 17.7. The first-order valence-corrected chi connectivity index (χ1v) is 8.51. The molecule has 1 unspecified atom stereocenters. The Hall–Kier alpha value is -1.54. The minimum atomic E-state index is -0.114. The second kappa shape index (κ2) is 11.2. The van der Waals surface area contributed by atoms with Crippen LogP contribution >= 0.6 is 36.2 Å². The van der Waals surface area contributed by atoms with Crippen LogP contribution in [0.1, 0.15) is 28.7 Å². The lowest BCUT2D eigenvalue weighted by molar-refractivity contribution is 0.0956. The SMILES string of the molecule is COc1ccc(-c2nc(C)c(C(=O)NCCC(C)N)s2)cc1OC.Cl.Cl. The molecule has 0 saturated carbocycles. The first kappa shape index (κ1) is 24.5. The molecule has 0 fully saturated rings. The van der Waals surface area contributed by atoms with Crippen LogP contribution in [0, 0.1) is 6.92 Å². The molecule has 146 valence electrons. The van der Waals surface area contributed by atoms with Gasteiger partial charge in [-0.2, -0.15) is 0 Å². The summed E-state index contributed by atoms with van der Waals surface area (Å²) in [6.45, 7) is 4.31. The number of hydrogen-bond donors (Lipinski definition) is 2. The lowest BCUT2D eigenvalue weighted by Gasteiger charge is -2.08. The van der Waals surface area contributed by atoms with Gasteiger partial charge in [-0.25, -0.2) is 4.98 Å². The molecule has 3 N–H and O–H groups in total. The third kappa shape index (κ3) is 6.02. The quantitative estimate of drug-likeness (QED) is 0.714. The van der Waals surface area contributed by atoms with E-state index < -0.39 is 0 Å². The topological polar surface area (TPSA) is 86.5 Å². The fraction of sp³-hybridized carbons (Fsp3) is 0.412. The number of nitrogens with one attached hydrogen (secondary N) is 1. The Labute approximate surface area is 170 Å². The average molecular weight is 422 g/mol. The van der Waals surface area contributed by atoms with E-state index in [1.165, 1.54) is 11.3 Å². The van der Waals surface area contributed by atoms with Crippen LogP contribution < -0.4 is 20.5 Å². The summed E-state index contributed by atoms with van der Waals surface area (Å²) in [6, 6.07) is 5.65. The molecular formula is C17H25Cl2N3O3S. The largest absolute Gasteiger partial charge is 0.493 e. The zero-order valence-corrected chi connectivity index (χ0v) is 17.6. The van der Waals surface area contributed by atoms with E-state index in [4.69, 9.17) is 15.2 Å². The van der Waals surface area contributed by atoms with E-state index in [1.54, 1.807) is 14.2 Å². The predicted molar refractivity (Wildman–Crippen MR) is 110 cm³/mol. The highest BCUT2D eigenvalue weighted by Crippen LogP contribution is 2.34. The normalized spacial score (nSPS) is 11.0. The van der Waals surface area contributed by atoms with Gasteiger partial charge in [-0.05, 0) is 38.5 Å². The highest BCUT2D eigenvalue weighted by atomic mass is 35.5. The summed E-state index contributed by atoms with van der Waals surface area (Å²) in [4.78, 5) is 17.4. The van der Waals surface area contributed by atoms with Crippen molar-refractivity contribution in [1.82, 2.24) is 10.3 Å². The number of thiazole rings is 1. The molecule has 1 heterocycles. The number of amides is 1. The number of nitrogens with two attached hydrogens (primary N) is 1. The van der Waals surface area contributed by atoms with E-state index in [0.29, 0.717) is 28.6 Å². The summed E-state index contributed by atoms with van der Waals surface area (Å²) < 4.78 is 10.6. The molecule has 1 aromatic heterocycles. The van der Waals surface area contributed by atoms with Crippen molar-refractivity contribution in [2.45, 2.75) is 26.3 Å². The Morgan fingerprint density at radius 3 is 2.50 bits per heavy atom. The van der Waals surface area contributed by atoms with Crippen molar-refractivity contribution in [1.29, 1.82) is 0 Å². The summed E-state index contributed by atoms with van der Waals surface area (Å²) in [7, 11) is 3.18. The summed E-state index contributed by atoms with van der Waals surface area (Å²) in [6.07, 6.45) is 0.742. The van der Waals surface area contributed by atoms with Crippen molar-refractivity contribution in [2.24, 2.45) is 5.73 Å². The molecular weight excluding hydrogens is 397 g/mol. The van der Waals surface area contributed by atoms with Gasteiger partial charge in [0.05, 0.1) is 19.9 Å². The Morgan fingerprint density at radius 2 is 1.92 bits per heavy atom. The predicted octanol–water partition coefficient (Wildman–Crippen LogP) is 3.45. The molecule has 6 nitrogen and oxygen atoms in total. The second-order valence-electron chi connectivity index (χ2n) is 5.53. The van der Waals surface area contributed by atoms with Crippen molar-refractivity contribution < 1.29 is 14.3 Å². The van der Waals surface area contributed by atoms with Crippen LogP contribution in [0.5, 0.6) is 11.5 Å². The number of hydrogen-bond acceptors (Lipinski definition) is 6. The van der Waals surface area contributed by atoms with E-state index >= 15 is 0 Å². The van der Waals surface area contributed by atoms with E-state index in [2.05, 4.69) is 10.3 Å². The molecule has 1 amide bonds. The molecule has 2 aromatic rings. The van der Waals surface area contributed by atoms with Crippen LogP contribution in [0.2, 0.25) is 0 Å². The van der Waals surface area contributed by atoms with Crippen LogP contribution in [-0.2, 0) is 0 Å². The van der Waals surface area contributed by atoms with Crippen LogP contribution in [0.4, 0.5) is 0 Å². The van der Waals surface area contributed by atoms with Crippen LogP contribution in [0.15, 0.2) is 18.2 Å². The van der Waals surface area contributed by atoms with Crippen molar-refractivity contribution in [3.05, 3.63) is 28.8 Å². The molecule has 0 saturated heterocycles. The number of ether oxygens (including phenoxy) is 2. The summed E-state index contributed by atoms with van der Waals surface area (Å²) in [5, 5.41) is 3.65. The van der Waals surface area contributed by atoms with Gasteiger partial charge in [-0.15, -0.1) is 36.2 Å². The molecule has 0 radical (unpaired) electrons. The van der Waals surface area contributed by atoms with Crippen LogP contribution in [-0.4, -0.2) is 37.7 Å². The minimum absolute atomic E-state index is 0. The van der Waals surface area contributed by atoms with Crippen molar-refractivity contribution in [2.75, 3.05) is 20.8 Å². The third-order valence-electron chi connectivity index (χ3n) is 3.52. The molecule has 0 bridgehead atoms. The van der Waals surface area contributed by atoms with Crippen molar-refractivity contribution in [3.63, 3.8) is 0 Å². The number of aryl methyl sites for hydroxylation is 1. The molecule has 0 aliphatic heterocycles. The van der Waals surface area contributed by atoms with Gasteiger partial charge in [0.25, 0.3) is 5.91 Å². The van der Waals surface area contributed by atoms with Gasteiger partial charge in [0.15, 0.2) is 11.5 Å². The Bertz CT molecular complexity index is 723. The van der Waals surface area contributed by atoms with Gasteiger partial charge in [-0.1, -0.05) is 0 Å². The maximum atomic E-state index is 12.3. The fourth-order valence-corrected chi connectivity index (χ4v) is 3.17. The fourth-order valence-electron chi connectivity index (χ4n) is 2.19. The molecule has 1 atom stereocenters. The molecule has 0 aliphatic rings. The van der Waals surface area contributed by atoms with Crippen molar-refractivity contribution >= 4 is 42.1 Å². The number of methoxy groups -OCH3 is 2. The maximum absolute atomic E-state index is 12.3. The van der Waals surface area contributed by atoms with E-state index in [-0.39, 0.29) is 36.8 Å². The molecule has 26 heavy (non-hydrogen) atoms. The summed E-state index contributed by atoms with van der Waals surface area (Å²) >= 11 is 1.36. The highest BCUT2D eigenvalue weighted by molar-refractivity contribution is 7.17. The Kier molecular flexibility index (Phi) is 10.6. The summed E-state index contributed by atoms with van der Waals surface area (Å²) in [5.41, 5.74) is 7.29. The maximum Gasteiger partial charge on any atom is 0.263 e. The summed E-state index contributed by atoms with van der Waals surface area (Å²) in [5.74, 6) is 1.17. The Morgan fingerprint density at radius 1 is 1.27 bits per heavy atom. The van der Waals surface area contributed by atoms with E-state index in [0.717, 1.165) is 17.0 Å². The number of carbonyl (C=O) groups excluding carboxylic acids is 1. The van der Waals surface area contributed by atoms with Gasteiger partial charge < -0.3 is 20.5 Å². The number of rotatable bonds is 7. The van der Waals surface area contributed by atoms with Gasteiger partial charge in [0.2, 0.25) is 0 Å². The third-order valence-corrected chi connectivity index (χ3v) is 4.72. The number of nitrogens with zero attached hydrogens (tertiary/aromatic N) is 1. The first-order valence-electron chi connectivity index (χ1n) is 7.69. The lowest BCUT2D eigenvalue weighted by Crippen LogP contribution is -2.28. The molecule has 1 aromatic carbocycles. The van der Waals surface area contributed by atoms with Gasteiger partial charge in [-0.3, -0.25) is 4.79 Å². The average Bonchev–Trinajstić information content (AvgIpc) is 2.95. The zero-order valence-electron chi connectivity index (χ0n) is 15.2. The van der Waals surface area contributed by atoms with Gasteiger partial charge in [0, 0.05) is 18.2 Å².